The normalized spacial score (nSPS) is 13.5. The molecule has 0 saturated heterocycles. The molecule has 2 aliphatic rings. The fourth-order valence-electron chi connectivity index (χ4n) is 9.15. The molecule has 0 saturated carbocycles. The Bertz CT molecular complexity index is 2330. The molecule has 7 aromatic carbocycles. The van der Waals surface area contributed by atoms with Crippen LogP contribution in [0.2, 0.25) is 0 Å². The van der Waals surface area contributed by atoms with Crippen molar-refractivity contribution in [1.29, 1.82) is 0 Å². The fraction of sp³-hybridized carbons (Fsp3) is 0.217. The molecule has 46 heavy (non-hydrogen) atoms. The Kier molecular flexibility index (Phi) is 6.26. The van der Waals surface area contributed by atoms with Gasteiger partial charge in [-0.3, -0.25) is 0 Å². The van der Waals surface area contributed by atoms with Gasteiger partial charge in [0.2, 0.25) is 0 Å². The lowest BCUT2D eigenvalue weighted by Gasteiger charge is -2.30. The third-order valence-corrected chi connectivity index (χ3v) is 11.4. The Morgan fingerprint density at radius 2 is 0.978 bits per heavy atom. The standard InChI is InChI=1S/C46H40/c1-5-29-22-35(23-30(6-2)27(29)3)41-26-42-38-15-8-9-16-39(38)43(28(4)44(42)40-17-10-7-14-37(40)41)36-24-33-20-18-31-12-11-13-32-19-21-34(25-36)46(33)45(31)32/h7-17,22-26H,5-6,18-21H2,1-4H3. The SMILES string of the molecule is CCc1cc(-c2cc3c4ccccc4c(-c4cc5c6c(c4)CCc4cccc(c4-6)CC5)c(C)c3c3ccccc23)cc(CC)c1C. The van der Waals surface area contributed by atoms with Gasteiger partial charge in [-0.15, -0.1) is 0 Å². The van der Waals surface area contributed by atoms with Crippen LogP contribution in [0.1, 0.15) is 58.4 Å². The summed E-state index contributed by atoms with van der Waals surface area (Å²) in [6, 6.07) is 37.8. The summed E-state index contributed by atoms with van der Waals surface area (Å²) in [6.45, 7) is 9.25. The predicted molar refractivity (Wildman–Crippen MR) is 198 cm³/mol. The third kappa shape index (κ3) is 3.92. The van der Waals surface area contributed by atoms with E-state index in [0.717, 1.165) is 38.5 Å². The monoisotopic (exact) mass is 592 g/mol. The van der Waals surface area contributed by atoms with Gasteiger partial charge in [0.25, 0.3) is 0 Å². The summed E-state index contributed by atoms with van der Waals surface area (Å²) in [6.07, 6.45) is 6.64. The van der Waals surface area contributed by atoms with E-state index in [1.54, 1.807) is 22.3 Å². The molecule has 0 heterocycles. The van der Waals surface area contributed by atoms with Crippen LogP contribution in [0.25, 0.3) is 65.7 Å². The maximum Gasteiger partial charge on any atom is -0.00630 e. The lowest BCUT2D eigenvalue weighted by Crippen LogP contribution is -2.14. The zero-order chi connectivity index (χ0) is 31.1. The molecule has 2 aliphatic carbocycles. The highest BCUT2D eigenvalue weighted by Crippen LogP contribution is 2.48. The van der Waals surface area contributed by atoms with Crippen LogP contribution >= 0.6 is 0 Å². The summed E-state index contributed by atoms with van der Waals surface area (Å²) in [5, 5.41) is 8.17. The van der Waals surface area contributed by atoms with Gasteiger partial charge in [-0.25, -0.2) is 0 Å². The van der Waals surface area contributed by atoms with Crippen LogP contribution in [0.3, 0.4) is 0 Å². The van der Waals surface area contributed by atoms with Gasteiger partial charge in [0.1, 0.15) is 0 Å². The van der Waals surface area contributed by atoms with Gasteiger partial charge in [0, 0.05) is 0 Å². The number of benzene rings is 7. The highest BCUT2D eigenvalue weighted by Gasteiger charge is 2.27. The van der Waals surface area contributed by atoms with Gasteiger partial charge in [-0.05, 0) is 169 Å². The minimum atomic E-state index is 1.05. The molecule has 224 valence electrons. The van der Waals surface area contributed by atoms with Gasteiger partial charge in [0.15, 0.2) is 0 Å². The number of rotatable bonds is 4. The van der Waals surface area contributed by atoms with Crippen molar-refractivity contribution in [1.82, 2.24) is 0 Å². The van der Waals surface area contributed by atoms with Crippen molar-refractivity contribution in [2.45, 2.75) is 66.2 Å². The van der Waals surface area contributed by atoms with Crippen molar-refractivity contribution in [3.63, 3.8) is 0 Å². The smallest absolute Gasteiger partial charge is 0.00630 e. The van der Waals surface area contributed by atoms with E-state index in [0.29, 0.717) is 0 Å². The van der Waals surface area contributed by atoms with Crippen LogP contribution in [0.4, 0.5) is 0 Å². The Morgan fingerprint density at radius 1 is 0.435 bits per heavy atom. The molecule has 9 rings (SSSR count). The van der Waals surface area contributed by atoms with Crippen molar-refractivity contribution in [2.24, 2.45) is 0 Å². The number of hydrogen-bond acceptors (Lipinski definition) is 0. The molecule has 0 heteroatoms. The zero-order valence-corrected chi connectivity index (χ0v) is 27.5. The van der Waals surface area contributed by atoms with E-state index in [1.807, 2.05) is 0 Å². The van der Waals surface area contributed by atoms with E-state index in [1.165, 1.54) is 88.0 Å². The summed E-state index contributed by atoms with van der Waals surface area (Å²) in [5.41, 5.74) is 20.5. The van der Waals surface area contributed by atoms with E-state index >= 15 is 0 Å². The number of fused-ring (bicyclic) bond motifs is 5. The quantitative estimate of drug-likeness (QED) is 0.178. The summed E-state index contributed by atoms with van der Waals surface area (Å²) in [7, 11) is 0. The Labute approximate surface area is 272 Å². The first-order valence-corrected chi connectivity index (χ1v) is 17.3. The van der Waals surface area contributed by atoms with Crippen LogP contribution in [0.5, 0.6) is 0 Å². The summed E-state index contributed by atoms with van der Waals surface area (Å²) < 4.78 is 0. The molecule has 0 amide bonds. The van der Waals surface area contributed by atoms with E-state index in [-0.39, 0.29) is 0 Å². The molecule has 0 N–H and O–H groups in total. The molecule has 0 aliphatic heterocycles. The maximum atomic E-state index is 2.55. The second-order valence-electron chi connectivity index (χ2n) is 13.7. The van der Waals surface area contributed by atoms with Gasteiger partial charge in [-0.1, -0.05) is 105 Å². The molecule has 0 nitrogen and oxygen atoms in total. The molecule has 0 bridgehead atoms. The van der Waals surface area contributed by atoms with Gasteiger partial charge in [-0.2, -0.15) is 0 Å². The average Bonchev–Trinajstić information content (AvgIpc) is 3.10. The van der Waals surface area contributed by atoms with Crippen LogP contribution < -0.4 is 0 Å². The number of hydrogen-bond donors (Lipinski definition) is 0. The van der Waals surface area contributed by atoms with Gasteiger partial charge < -0.3 is 0 Å². The summed E-state index contributed by atoms with van der Waals surface area (Å²) in [4.78, 5) is 0. The fourth-order valence-corrected chi connectivity index (χ4v) is 9.15. The lowest BCUT2D eigenvalue weighted by molar-refractivity contribution is 0.877. The molecule has 0 fully saturated rings. The van der Waals surface area contributed by atoms with Crippen molar-refractivity contribution in [3.8, 4) is 33.4 Å². The summed E-state index contributed by atoms with van der Waals surface area (Å²) in [5.74, 6) is 0. The minimum absolute atomic E-state index is 1.05. The molecule has 7 aromatic rings. The Hall–Kier alpha value is -4.68. The Morgan fingerprint density at radius 3 is 1.61 bits per heavy atom. The molecule has 0 radical (unpaired) electrons. The van der Waals surface area contributed by atoms with E-state index in [4.69, 9.17) is 0 Å². The third-order valence-electron chi connectivity index (χ3n) is 11.4. The van der Waals surface area contributed by atoms with E-state index < -0.39 is 0 Å². The molecule has 0 spiro atoms. The summed E-state index contributed by atoms with van der Waals surface area (Å²) >= 11 is 0. The van der Waals surface area contributed by atoms with Crippen LogP contribution in [-0.2, 0) is 38.5 Å². The van der Waals surface area contributed by atoms with Gasteiger partial charge in [0.05, 0.1) is 0 Å². The van der Waals surface area contributed by atoms with Crippen LogP contribution in [0, 0.1) is 13.8 Å². The number of aryl methyl sites for hydroxylation is 7. The van der Waals surface area contributed by atoms with Crippen molar-refractivity contribution in [2.75, 3.05) is 0 Å². The maximum absolute atomic E-state index is 2.55. The van der Waals surface area contributed by atoms with Gasteiger partial charge >= 0.3 is 0 Å². The molecular formula is C46H40. The average molecular weight is 593 g/mol. The second kappa shape index (κ2) is 10.4. The van der Waals surface area contributed by atoms with Crippen molar-refractivity contribution < 1.29 is 0 Å². The van der Waals surface area contributed by atoms with E-state index in [2.05, 4.69) is 125 Å². The van der Waals surface area contributed by atoms with Crippen LogP contribution in [-0.4, -0.2) is 0 Å². The second-order valence-corrected chi connectivity index (χ2v) is 13.7. The molecule has 0 atom stereocenters. The lowest BCUT2D eigenvalue weighted by atomic mass is 9.74. The van der Waals surface area contributed by atoms with Crippen LogP contribution in [0.15, 0.2) is 97.1 Å². The topological polar surface area (TPSA) is 0 Å². The van der Waals surface area contributed by atoms with Crippen molar-refractivity contribution in [3.05, 3.63) is 142 Å². The van der Waals surface area contributed by atoms with E-state index in [9.17, 15) is 0 Å². The molecule has 0 aromatic heterocycles. The first kappa shape index (κ1) is 27.6. The largest absolute Gasteiger partial charge is 0.0617 e. The Balaban J connectivity index is 1.36. The highest BCUT2D eigenvalue weighted by molar-refractivity contribution is 6.25. The minimum Gasteiger partial charge on any atom is -0.0617 e. The highest BCUT2D eigenvalue weighted by atomic mass is 14.3. The first-order chi connectivity index (χ1) is 22.6. The molecule has 0 unspecified atom stereocenters. The first-order valence-electron chi connectivity index (χ1n) is 17.3. The predicted octanol–water partition coefficient (Wildman–Crippen LogP) is 12.1. The molecular weight excluding hydrogens is 553 g/mol. The zero-order valence-electron chi connectivity index (χ0n) is 27.5. The van der Waals surface area contributed by atoms with Crippen molar-refractivity contribution >= 4 is 32.3 Å².